The smallest absolute Gasteiger partial charge is 0.238 e. The van der Waals surface area contributed by atoms with Crippen molar-refractivity contribution < 1.29 is 4.79 Å². The zero-order valence-corrected chi connectivity index (χ0v) is 12.8. The van der Waals surface area contributed by atoms with Crippen molar-refractivity contribution in [2.24, 2.45) is 0 Å². The van der Waals surface area contributed by atoms with E-state index in [-0.39, 0.29) is 11.9 Å². The van der Waals surface area contributed by atoms with Crippen molar-refractivity contribution in [1.29, 1.82) is 0 Å². The highest BCUT2D eigenvalue weighted by molar-refractivity contribution is 9.10. The summed E-state index contributed by atoms with van der Waals surface area (Å²) in [5.41, 5.74) is 0.558. The summed E-state index contributed by atoms with van der Waals surface area (Å²) >= 11 is 3.45. The first kappa shape index (κ1) is 13.1. The minimum absolute atomic E-state index is 0.181. The van der Waals surface area contributed by atoms with Crippen molar-refractivity contribution >= 4 is 27.7 Å². The lowest BCUT2D eigenvalue weighted by Crippen LogP contribution is -2.47. The van der Waals surface area contributed by atoms with Crippen molar-refractivity contribution in [3.63, 3.8) is 0 Å². The molecule has 0 radical (unpaired) electrons. The van der Waals surface area contributed by atoms with Gasteiger partial charge in [-0.05, 0) is 61.8 Å². The van der Waals surface area contributed by atoms with Gasteiger partial charge in [0.15, 0.2) is 0 Å². The number of carbonyl (C=O) groups excluding carboxylic acids is 1. The van der Waals surface area contributed by atoms with E-state index in [1.54, 1.807) is 6.20 Å². The number of nitrogens with one attached hydrogen (secondary N) is 1. The molecule has 1 fully saturated rings. The molecule has 1 amide bonds. The van der Waals surface area contributed by atoms with Gasteiger partial charge in [0.25, 0.3) is 0 Å². The van der Waals surface area contributed by atoms with E-state index in [1.807, 2.05) is 24.8 Å². The van der Waals surface area contributed by atoms with Crippen LogP contribution in [0.5, 0.6) is 0 Å². The molecule has 0 spiro atoms. The third-order valence-electron chi connectivity index (χ3n) is 4.16. The van der Waals surface area contributed by atoms with Crippen LogP contribution in [0.15, 0.2) is 16.7 Å². The van der Waals surface area contributed by atoms with Gasteiger partial charge in [0, 0.05) is 22.3 Å². The van der Waals surface area contributed by atoms with Crippen molar-refractivity contribution in [3.05, 3.63) is 22.3 Å². The van der Waals surface area contributed by atoms with Crippen LogP contribution in [0.25, 0.3) is 0 Å². The zero-order valence-electron chi connectivity index (χ0n) is 11.2. The molecule has 0 bridgehead atoms. The van der Waals surface area contributed by atoms with Crippen LogP contribution >= 0.6 is 15.9 Å². The summed E-state index contributed by atoms with van der Waals surface area (Å²) in [7, 11) is 0. The molecule has 2 aliphatic heterocycles. The number of carbonyl (C=O) groups is 1. The minimum atomic E-state index is -0.475. The number of amides is 1. The lowest BCUT2D eigenvalue weighted by atomic mass is 9.87. The molecule has 1 N–H and O–H groups in total. The fourth-order valence-corrected chi connectivity index (χ4v) is 3.33. The molecule has 3 heterocycles. The molecule has 0 saturated carbocycles. The van der Waals surface area contributed by atoms with Crippen LogP contribution in [0.4, 0.5) is 5.82 Å². The second kappa shape index (κ2) is 4.56. The van der Waals surface area contributed by atoms with Gasteiger partial charge < -0.3 is 5.32 Å². The Labute approximate surface area is 121 Å². The van der Waals surface area contributed by atoms with Crippen molar-refractivity contribution in [3.8, 4) is 0 Å². The first-order valence-corrected chi connectivity index (χ1v) is 7.51. The van der Waals surface area contributed by atoms with E-state index in [4.69, 9.17) is 0 Å². The Morgan fingerprint density at radius 1 is 1.42 bits per heavy atom. The van der Waals surface area contributed by atoms with E-state index in [2.05, 4.69) is 26.2 Å². The molecule has 1 aromatic rings. The summed E-state index contributed by atoms with van der Waals surface area (Å²) in [6.45, 7) is 5.92. The van der Waals surface area contributed by atoms with Gasteiger partial charge in [-0.2, -0.15) is 0 Å². The van der Waals surface area contributed by atoms with Crippen LogP contribution < -0.4 is 10.2 Å². The SMILES string of the molecule is CC1(C)C(=O)N(C2CCNCC2)c2ncc(Br)cc21. The third-order valence-corrected chi connectivity index (χ3v) is 4.60. The average molecular weight is 324 g/mol. The summed E-state index contributed by atoms with van der Waals surface area (Å²) < 4.78 is 0.930. The van der Waals surface area contributed by atoms with Gasteiger partial charge in [0.05, 0.1) is 5.41 Å². The predicted octanol–water partition coefficient (Wildman–Crippen LogP) is 2.22. The molecule has 5 heteroatoms. The molecule has 19 heavy (non-hydrogen) atoms. The van der Waals surface area contributed by atoms with E-state index >= 15 is 0 Å². The standard InChI is InChI=1S/C14H18BrN3O/c1-14(2)11-7-9(15)8-17-12(11)18(13(14)19)10-3-5-16-6-4-10/h7-8,10,16H,3-6H2,1-2H3. The van der Waals surface area contributed by atoms with Crippen molar-refractivity contribution in [2.75, 3.05) is 18.0 Å². The molecule has 102 valence electrons. The Morgan fingerprint density at radius 3 is 2.79 bits per heavy atom. The number of hydrogen-bond acceptors (Lipinski definition) is 3. The molecular formula is C14H18BrN3O. The lowest BCUT2D eigenvalue weighted by Gasteiger charge is -2.32. The monoisotopic (exact) mass is 323 g/mol. The van der Waals surface area contributed by atoms with Gasteiger partial charge in [0.2, 0.25) is 5.91 Å². The summed E-state index contributed by atoms with van der Waals surface area (Å²) in [4.78, 5) is 19.2. The summed E-state index contributed by atoms with van der Waals surface area (Å²) in [6.07, 6.45) is 3.78. The van der Waals surface area contributed by atoms with E-state index in [0.717, 1.165) is 41.8 Å². The maximum absolute atomic E-state index is 12.7. The second-order valence-electron chi connectivity index (χ2n) is 5.81. The van der Waals surface area contributed by atoms with Crippen LogP contribution in [0, 0.1) is 0 Å². The maximum Gasteiger partial charge on any atom is 0.238 e. The lowest BCUT2D eigenvalue weighted by molar-refractivity contribution is -0.122. The van der Waals surface area contributed by atoms with Gasteiger partial charge in [-0.15, -0.1) is 0 Å². The number of piperidine rings is 1. The quantitative estimate of drug-likeness (QED) is 0.862. The van der Waals surface area contributed by atoms with Crippen molar-refractivity contribution in [1.82, 2.24) is 10.3 Å². The highest BCUT2D eigenvalue weighted by Gasteiger charge is 2.47. The topological polar surface area (TPSA) is 45.2 Å². The molecule has 3 rings (SSSR count). The molecule has 1 saturated heterocycles. The minimum Gasteiger partial charge on any atom is -0.317 e. The van der Waals surface area contributed by atoms with Gasteiger partial charge in [-0.25, -0.2) is 4.98 Å². The second-order valence-corrected chi connectivity index (χ2v) is 6.72. The number of anilines is 1. The molecule has 2 aliphatic rings. The molecule has 4 nitrogen and oxygen atoms in total. The third kappa shape index (κ3) is 1.99. The average Bonchev–Trinajstić information content (AvgIpc) is 2.59. The first-order chi connectivity index (χ1) is 9.01. The van der Waals surface area contributed by atoms with E-state index < -0.39 is 5.41 Å². The number of fused-ring (bicyclic) bond motifs is 1. The molecule has 0 unspecified atom stereocenters. The zero-order chi connectivity index (χ0) is 13.6. The number of rotatable bonds is 1. The van der Waals surface area contributed by atoms with Gasteiger partial charge in [-0.3, -0.25) is 9.69 Å². The van der Waals surface area contributed by atoms with E-state index in [0.29, 0.717) is 0 Å². The Hall–Kier alpha value is -0.940. The van der Waals surface area contributed by atoms with Crippen LogP contribution in [0.1, 0.15) is 32.3 Å². The predicted molar refractivity (Wildman–Crippen MR) is 78.3 cm³/mol. The molecular weight excluding hydrogens is 306 g/mol. The van der Waals surface area contributed by atoms with Crippen LogP contribution in [-0.2, 0) is 10.2 Å². The number of aromatic nitrogens is 1. The van der Waals surface area contributed by atoms with Crippen molar-refractivity contribution in [2.45, 2.75) is 38.1 Å². The molecule has 1 aromatic heterocycles. The Bertz CT molecular complexity index is 523. The molecule has 0 aromatic carbocycles. The Kier molecular flexibility index (Phi) is 3.14. The molecule has 0 atom stereocenters. The highest BCUT2D eigenvalue weighted by atomic mass is 79.9. The summed E-state index contributed by atoms with van der Waals surface area (Å²) in [5.74, 6) is 1.03. The van der Waals surface area contributed by atoms with Crippen LogP contribution in [0.3, 0.4) is 0 Å². The fraction of sp³-hybridized carbons (Fsp3) is 0.571. The van der Waals surface area contributed by atoms with E-state index in [9.17, 15) is 4.79 Å². The first-order valence-electron chi connectivity index (χ1n) is 6.72. The molecule has 0 aliphatic carbocycles. The number of halogens is 1. The van der Waals surface area contributed by atoms with Crippen LogP contribution in [0.2, 0.25) is 0 Å². The van der Waals surface area contributed by atoms with Gasteiger partial charge in [0.1, 0.15) is 5.82 Å². The largest absolute Gasteiger partial charge is 0.317 e. The highest BCUT2D eigenvalue weighted by Crippen LogP contribution is 2.43. The number of hydrogen-bond donors (Lipinski definition) is 1. The number of nitrogens with zero attached hydrogens (tertiary/aromatic N) is 2. The van der Waals surface area contributed by atoms with Crippen LogP contribution in [-0.4, -0.2) is 30.0 Å². The van der Waals surface area contributed by atoms with Gasteiger partial charge >= 0.3 is 0 Å². The Morgan fingerprint density at radius 2 is 2.11 bits per heavy atom. The van der Waals surface area contributed by atoms with Gasteiger partial charge in [-0.1, -0.05) is 0 Å². The van der Waals surface area contributed by atoms with E-state index in [1.165, 1.54) is 0 Å². The summed E-state index contributed by atoms with van der Waals surface area (Å²) in [5, 5.41) is 3.34. The fourth-order valence-electron chi connectivity index (χ4n) is 3.00. The summed E-state index contributed by atoms with van der Waals surface area (Å²) in [6, 6.07) is 2.31. The normalized spacial score (nSPS) is 22.7. The maximum atomic E-state index is 12.7. The number of pyridine rings is 1. The Balaban J connectivity index is 2.05.